The summed E-state index contributed by atoms with van der Waals surface area (Å²) in [6.45, 7) is 2.44. The lowest BCUT2D eigenvalue weighted by molar-refractivity contribution is -0.153. The quantitative estimate of drug-likeness (QED) is 0.163. The van der Waals surface area contributed by atoms with Crippen molar-refractivity contribution in [1.29, 1.82) is 0 Å². The molecule has 1 aliphatic heterocycles. The molecule has 1 saturated heterocycles. The minimum Gasteiger partial charge on any atom is -0.482 e. The number of para-hydroxylation sites is 2. The standard InChI is InChI=1S/C29H38F4N2O2.C14H17FO/c1-36-28(22-9-3-2-4-10-22)24(23-11-5-6-12-25(23)30)15-16-34-17-19-35(20-18-34)26-13-7-8-14-27(26)37-21-29(31,32)33;15-13-9-5-4-8-12(13)10-14(16)11-6-2-1-3-7-11/h5-8,11-14,22,24,28H,2-4,9-10,15-21H2,1H3;4-5,8-9,11H,1-3,6-7,10H2. The van der Waals surface area contributed by atoms with Gasteiger partial charge < -0.3 is 14.4 Å². The summed E-state index contributed by atoms with van der Waals surface area (Å²) >= 11 is 0. The zero-order valence-electron chi connectivity index (χ0n) is 31.0. The second-order valence-electron chi connectivity index (χ2n) is 14.8. The third-order valence-electron chi connectivity index (χ3n) is 11.2. The van der Waals surface area contributed by atoms with E-state index in [-0.39, 0.29) is 47.5 Å². The van der Waals surface area contributed by atoms with E-state index in [0.717, 1.165) is 70.1 Å². The van der Waals surface area contributed by atoms with E-state index in [4.69, 9.17) is 9.47 Å². The number of piperazine rings is 1. The van der Waals surface area contributed by atoms with Gasteiger partial charge in [-0.1, -0.05) is 87.1 Å². The van der Waals surface area contributed by atoms with E-state index in [1.54, 1.807) is 43.5 Å². The fourth-order valence-electron chi connectivity index (χ4n) is 8.35. The van der Waals surface area contributed by atoms with Crippen LogP contribution in [-0.4, -0.2) is 69.4 Å². The van der Waals surface area contributed by atoms with Crippen LogP contribution in [0.15, 0.2) is 72.8 Å². The van der Waals surface area contributed by atoms with Crippen molar-refractivity contribution in [3.8, 4) is 5.75 Å². The van der Waals surface area contributed by atoms with E-state index in [9.17, 15) is 26.7 Å². The lowest BCUT2D eigenvalue weighted by Gasteiger charge is -2.39. The van der Waals surface area contributed by atoms with Gasteiger partial charge in [0.15, 0.2) is 6.61 Å². The summed E-state index contributed by atoms with van der Waals surface area (Å²) in [5.41, 5.74) is 1.96. The van der Waals surface area contributed by atoms with Gasteiger partial charge in [0.1, 0.15) is 23.2 Å². The maximum atomic E-state index is 14.9. The van der Waals surface area contributed by atoms with E-state index >= 15 is 0 Å². The van der Waals surface area contributed by atoms with Crippen molar-refractivity contribution in [3.05, 3.63) is 95.6 Å². The van der Waals surface area contributed by atoms with E-state index in [1.165, 1.54) is 37.8 Å². The summed E-state index contributed by atoms with van der Waals surface area (Å²) in [5.74, 6) is 0.621. The van der Waals surface area contributed by atoms with Gasteiger partial charge in [-0.25, -0.2) is 8.78 Å². The molecular weight excluding hydrogens is 687 g/mol. The van der Waals surface area contributed by atoms with Crippen molar-refractivity contribution in [2.45, 2.75) is 95.2 Å². The third kappa shape index (κ3) is 12.3. The number of alkyl halides is 3. The molecular formula is C43H55F5N2O3. The Morgan fingerprint density at radius 2 is 1.38 bits per heavy atom. The molecule has 3 fully saturated rings. The van der Waals surface area contributed by atoms with Crippen molar-refractivity contribution < 1.29 is 36.2 Å². The van der Waals surface area contributed by atoms with Gasteiger partial charge in [-0.2, -0.15) is 13.2 Å². The first-order valence-corrected chi connectivity index (χ1v) is 19.4. The normalized spacial score (nSPS) is 18.9. The van der Waals surface area contributed by atoms with Gasteiger partial charge in [-0.15, -0.1) is 0 Å². The Bertz CT molecular complexity index is 1550. The zero-order chi connectivity index (χ0) is 37.6. The number of ether oxygens (including phenoxy) is 2. The predicted octanol–water partition coefficient (Wildman–Crippen LogP) is 10.2. The summed E-state index contributed by atoms with van der Waals surface area (Å²) in [7, 11) is 1.75. The van der Waals surface area contributed by atoms with E-state index in [1.807, 2.05) is 24.3 Å². The highest BCUT2D eigenvalue weighted by Crippen LogP contribution is 2.38. The molecule has 6 rings (SSSR count). The molecule has 0 N–H and O–H groups in total. The number of hydrogen-bond acceptors (Lipinski definition) is 5. The Labute approximate surface area is 311 Å². The zero-order valence-corrected chi connectivity index (χ0v) is 31.0. The van der Waals surface area contributed by atoms with E-state index in [0.29, 0.717) is 30.3 Å². The van der Waals surface area contributed by atoms with Crippen molar-refractivity contribution in [1.82, 2.24) is 4.90 Å². The predicted molar refractivity (Wildman–Crippen MR) is 199 cm³/mol. The minimum atomic E-state index is -4.38. The molecule has 53 heavy (non-hydrogen) atoms. The summed E-state index contributed by atoms with van der Waals surface area (Å²) in [6.07, 6.45) is 8.08. The molecule has 0 aromatic heterocycles. The lowest BCUT2D eigenvalue weighted by Crippen LogP contribution is -2.47. The maximum absolute atomic E-state index is 14.9. The molecule has 5 nitrogen and oxygen atoms in total. The Balaban J connectivity index is 0.000000281. The van der Waals surface area contributed by atoms with Gasteiger partial charge in [0.2, 0.25) is 0 Å². The van der Waals surface area contributed by atoms with Crippen LogP contribution >= 0.6 is 0 Å². The number of carbonyl (C=O) groups is 1. The molecule has 2 saturated carbocycles. The average molecular weight is 743 g/mol. The molecule has 3 aromatic rings. The average Bonchev–Trinajstić information content (AvgIpc) is 3.18. The highest BCUT2D eigenvalue weighted by atomic mass is 19.4. The molecule has 1 heterocycles. The van der Waals surface area contributed by atoms with E-state index < -0.39 is 12.8 Å². The molecule has 2 atom stereocenters. The van der Waals surface area contributed by atoms with Crippen LogP contribution in [0, 0.1) is 23.5 Å². The second kappa shape index (κ2) is 20.3. The number of nitrogens with zero attached hydrogens (tertiary/aromatic N) is 2. The van der Waals surface area contributed by atoms with Crippen molar-refractivity contribution in [3.63, 3.8) is 0 Å². The van der Waals surface area contributed by atoms with Crippen molar-refractivity contribution in [2.24, 2.45) is 11.8 Å². The second-order valence-corrected chi connectivity index (χ2v) is 14.8. The molecule has 3 aliphatic rings. The molecule has 3 aromatic carbocycles. The first kappa shape index (κ1) is 40.7. The molecule has 290 valence electrons. The Morgan fingerprint density at radius 3 is 2.02 bits per heavy atom. The monoisotopic (exact) mass is 742 g/mol. The van der Waals surface area contributed by atoms with Crippen molar-refractivity contribution in [2.75, 3.05) is 51.3 Å². The van der Waals surface area contributed by atoms with Gasteiger partial charge in [0.05, 0.1) is 11.8 Å². The number of anilines is 1. The van der Waals surface area contributed by atoms with Gasteiger partial charge in [0.25, 0.3) is 0 Å². The Hall–Kier alpha value is -3.50. The fraction of sp³-hybridized carbons (Fsp3) is 0.558. The Kier molecular flexibility index (Phi) is 15.5. The molecule has 2 unspecified atom stereocenters. The van der Waals surface area contributed by atoms with Gasteiger partial charge in [-0.05, 0) is 80.0 Å². The summed E-state index contributed by atoms with van der Waals surface area (Å²) in [6, 6.07) is 20.5. The van der Waals surface area contributed by atoms with Crippen LogP contribution in [0.2, 0.25) is 0 Å². The van der Waals surface area contributed by atoms with Crippen LogP contribution < -0.4 is 9.64 Å². The molecule has 0 bridgehead atoms. The molecule has 0 amide bonds. The number of ketones is 1. The van der Waals surface area contributed by atoms with Gasteiger partial charge in [0, 0.05) is 51.5 Å². The number of halogens is 5. The van der Waals surface area contributed by atoms with Crippen LogP contribution in [0.4, 0.5) is 27.6 Å². The number of rotatable bonds is 13. The largest absolute Gasteiger partial charge is 0.482 e. The summed E-state index contributed by atoms with van der Waals surface area (Å²) < 4.78 is 77.5. The number of methoxy groups -OCH3 is 1. The van der Waals surface area contributed by atoms with Crippen LogP contribution in [0.5, 0.6) is 5.75 Å². The van der Waals surface area contributed by atoms with Crippen LogP contribution in [-0.2, 0) is 16.0 Å². The SMILES string of the molecule is COC(C1CCCCC1)C(CCN1CCN(c2ccccc2OCC(F)(F)F)CC1)c1ccccc1F.O=C(Cc1ccccc1F)C1CCCCC1. The van der Waals surface area contributed by atoms with Crippen LogP contribution in [0.3, 0.4) is 0 Å². The smallest absolute Gasteiger partial charge is 0.422 e. The molecule has 0 spiro atoms. The first-order chi connectivity index (χ1) is 25.6. The highest BCUT2D eigenvalue weighted by molar-refractivity contribution is 5.83. The molecule has 0 radical (unpaired) electrons. The van der Waals surface area contributed by atoms with Crippen molar-refractivity contribution >= 4 is 11.5 Å². The van der Waals surface area contributed by atoms with Crippen LogP contribution in [0.25, 0.3) is 0 Å². The number of carbonyl (C=O) groups excluding carboxylic acids is 1. The molecule has 2 aliphatic carbocycles. The number of benzene rings is 3. The fourth-order valence-corrected chi connectivity index (χ4v) is 8.35. The van der Waals surface area contributed by atoms with Gasteiger partial charge >= 0.3 is 6.18 Å². The topological polar surface area (TPSA) is 42.0 Å². The third-order valence-corrected chi connectivity index (χ3v) is 11.2. The summed E-state index contributed by atoms with van der Waals surface area (Å²) in [5, 5.41) is 0. The van der Waals surface area contributed by atoms with Crippen LogP contribution in [0.1, 0.15) is 87.7 Å². The van der Waals surface area contributed by atoms with Gasteiger partial charge in [-0.3, -0.25) is 9.69 Å². The first-order valence-electron chi connectivity index (χ1n) is 19.4. The Morgan fingerprint density at radius 1 is 0.774 bits per heavy atom. The minimum absolute atomic E-state index is 0.0175. The lowest BCUT2D eigenvalue weighted by atomic mass is 9.76. The highest BCUT2D eigenvalue weighted by Gasteiger charge is 2.34. The van der Waals surface area contributed by atoms with E-state index in [2.05, 4.69) is 9.80 Å². The maximum Gasteiger partial charge on any atom is 0.422 e. The number of hydrogen-bond donors (Lipinski definition) is 0. The number of Topliss-reactive ketones (excluding diaryl/α,β-unsaturated/α-hetero) is 1. The molecule has 10 heteroatoms. The summed E-state index contributed by atoms with van der Waals surface area (Å²) in [4.78, 5) is 16.4.